The molecule has 30 heavy (non-hydrogen) atoms. The fourth-order valence-corrected chi connectivity index (χ4v) is 3.63. The Labute approximate surface area is 179 Å². The molecule has 0 radical (unpaired) electrons. The third kappa shape index (κ3) is 4.39. The Hall–Kier alpha value is -3.51. The molecular formula is C24H21N3O2S. The van der Waals surface area contributed by atoms with E-state index in [1.807, 2.05) is 60.7 Å². The van der Waals surface area contributed by atoms with Crippen LogP contribution in [0.15, 0.2) is 83.7 Å². The molecule has 5 nitrogen and oxygen atoms in total. The van der Waals surface area contributed by atoms with Crippen LogP contribution < -0.4 is 10.9 Å². The summed E-state index contributed by atoms with van der Waals surface area (Å²) in [6, 6.07) is 24.7. The Morgan fingerprint density at radius 3 is 2.30 bits per heavy atom. The first kappa shape index (κ1) is 19.8. The van der Waals surface area contributed by atoms with Crippen LogP contribution in [0.3, 0.4) is 0 Å². The lowest BCUT2D eigenvalue weighted by Crippen LogP contribution is -2.26. The number of hydrogen-bond acceptors (Lipinski definition) is 3. The number of nitrogens with zero attached hydrogens (tertiary/aromatic N) is 1. The maximum atomic E-state index is 12.9. The first-order valence-corrected chi connectivity index (χ1v) is 10.2. The third-order valence-electron chi connectivity index (χ3n) is 4.97. The fourth-order valence-electron chi connectivity index (χ4n) is 3.37. The lowest BCUT2D eigenvalue weighted by Gasteiger charge is -2.10. The molecule has 4 aromatic rings. The van der Waals surface area contributed by atoms with Gasteiger partial charge in [-0.05, 0) is 48.0 Å². The van der Waals surface area contributed by atoms with E-state index in [1.165, 1.54) is 10.1 Å². The minimum Gasteiger partial charge on any atom is -0.352 e. The van der Waals surface area contributed by atoms with Crippen molar-refractivity contribution in [2.75, 3.05) is 6.54 Å². The van der Waals surface area contributed by atoms with Crippen molar-refractivity contribution in [3.05, 3.63) is 111 Å². The largest absolute Gasteiger partial charge is 0.352 e. The van der Waals surface area contributed by atoms with Gasteiger partial charge < -0.3 is 10.3 Å². The first-order chi connectivity index (χ1) is 14.6. The predicted molar refractivity (Wildman–Crippen MR) is 121 cm³/mol. The molecular weight excluding hydrogens is 394 g/mol. The number of amides is 1. The molecule has 0 fully saturated rings. The van der Waals surface area contributed by atoms with Gasteiger partial charge in [-0.25, -0.2) is 0 Å². The Bertz CT molecular complexity index is 1300. The fraction of sp³-hybridized carbons (Fsp3) is 0.125. The second-order valence-corrected chi connectivity index (χ2v) is 7.45. The predicted octanol–water partition coefficient (Wildman–Crippen LogP) is 4.08. The molecule has 0 aliphatic carbocycles. The van der Waals surface area contributed by atoms with Crippen LogP contribution >= 0.6 is 12.2 Å². The molecule has 0 aliphatic rings. The summed E-state index contributed by atoms with van der Waals surface area (Å²) in [5, 5.41) is 3.42. The number of carbonyl (C=O) groups excluding carboxylic acids is 1. The molecule has 0 bridgehead atoms. The van der Waals surface area contributed by atoms with Crippen LogP contribution in [0.1, 0.15) is 21.5 Å². The van der Waals surface area contributed by atoms with Crippen molar-refractivity contribution in [2.45, 2.75) is 13.0 Å². The SMILES string of the molecule is O=C(NCCc1ccccc1)c1ccc2c(=O)n(Cc3ccccc3)c(=S)[nH]c2c1. The molecule has 0 unspecified atom stereocenters. The molecule has 150 valence electrons. The van der Waals surface area contributed by atoms with Gasteiger partial charge in [-0.2, -0.15) is 0 Å². The quantitative estimate of drug-likeness (QED) is 0.466. The number of rotatable bonds is 6. The van der Waals surface area contributed by atoms with Crippen LogP contribution in [-0.4, -0.2) is 22.0 Å². The van der Waals surface area contributed by atoms with Gasteiger partial charge in [0.05, 0.1) is 17.4 Å². The van der Waals surface area contributed by atoms with Gasteiger partial charge in [0.25, 0.3) is 11.5 Å². The van der Waals surface area contributed by atoms with Gasteiger partial charge in [-0.3, -0.25) is 14.2 Å². The van der Waals surface area contributed by atoms with Crippen LogP contribution in [-0.2, 0) is 13.0 Å². The van der Waals surface area contributed by atoms with E-state index in [-0.39, 0.29) is 11.5 Å². The highest BCUT2D eigenvalue weighted by Gasteiger charge is 2.10. The zero-order valence-corrected chi connectivity index (χ0v) is 17.1. The number of hydrogen-bond donors (Lipinski definition) is 2. The lowest BCUT2D eigenvalue weighted by molar-refractivity contribution is 0.0954. The molecule has 0 aliphatic heterocycles. The number of aromatic amines is 1. The van der Waals surface area contributed by atoms with Crippen molar-refractivity contribution in [2.24, 2.45) is 0 Å². The summed E-state index contributed by atoms with van der Waals surface area (Å²) in [6.07, 6.45) is 0.757. The molecule has 0 atom stereocenters. The van der Waals surface area contributed by atoms with E-state index in [1.54, 1.807) is 18.2 Å². The van der Waals surface area contributed by atoms with E-state index >= 15 is 0 Å². The summed E-state index contributed by atoms with van der Waals surface area (Å²) in [5.74, 6) is -0.180. The summed E-state index contributed by atoms with van der Waals surface area (Å²) in [7, 11) is 0. The molecule has 2 N–H and O–H groups in total. The smallest absolute Gasteiger partial charge is 0.262 e. The van der Waals surface area contributed by atoms with Crippen LogP contribution in [0, 0.1) is 4.77 Å². The highest BCUT2D eigenvalue weighted by Crippen LogP contribution is 2.12. The summed E-state index contributed by atoms with van der Waals surface area (Å²) < 4.78 is 1.87. The van der Waals surface area contributed by atoms with Crippen molar-refractivity contribution in [1.82, 2.24) is 14.9 Å². The van der Waals surface area contributed by atoms with Crippen molar-refractivity contribution >= 4 is 29.0 Å². The average Bonchev–Trinajstić information content (AvgIpc) is 2.77. The summed E-state index contributed by atoms with van der Waals surface area (Å²) >= 11 is 5.41. The highest BCUT2D eigenvalue weighted by atomic mass is 32.1. The van der Waals surface area contributed by atoms with Gasteiger partial charge in [0.15, 0.2) is 4.77 Å². The minimum absolute atomic E-state index is 0.173. The maximum Gasteiger partial charge on any atom is 0.262 e. The number of aromatic nitrogens is 2. The molecule has 6 heteroatoms. The standard InChI is InChI=1S/C24H21N3O2S/c28-22(25-14-13-17-7-3-1-4-8-17)19-11-12-20-21(15-19)26-24(30)27(23(20)29)16-18-9-5-2-6-10-18/h1-12,15H,13-14,16H2,(H,25,28)(H,26,30). The molecule has 0 saturated carbocycles. The van der Waals surface area contributed by atoms with E-state index in [9.17, 15) is 9.59 Å². The van der Waals surface area contributed by atoms with Crippen LogP contribution in [0.5, 0.6) is 0 Å². The normalized spacial score (nSPS) is 10.8. The second kappa shape index (κ2) is 8.88. The van der Waals surface area contributed by atoms with Crippen molar-refractivity contribution in [1.29, 1.82) is 0 Å². The topological polar surface area (TPSA) is 66.9 Å². The van der Waals surface area contributed by atoms with Crippen LogP contribution in [0.4, 0.5) is 0 Å². The van der Waals surface area contributed by atoms with Gasteiger partial charge in [0.2, 0.25) is 0 Å². The summed E-state index contributed by atoms with van der Waals surface area (Å²) in [5.41, 5.74) is 3.03. The minimum atomic E-state index is -0.180. The Kier molecular flexibility index (Phi) is 5.86. The number of nitrogens with one attached hydrogen (secondary N) is 2. The van der Waals surface area contributed by atoms with Crippen molar-refractivity contribution < 1.29 is 4.79 Å². The molecule has 1 aromatic heterocycles. The maximum absolute atomic E-state index is 12.9. The van der Waals surface area contributed by atoms with Gasteiger partial charge in [-0.15, -0.1) is 0 Å². The van der Waals surface area contributed by atoms with Crippen molar-refractivity contribution in [3.8, 4) is 0 Å². The van der Waals surface area contributed by atoms with Crippen LogP contribution in [0.25, 0.3) is 10.9 Å². The van der Waals surface area contributed by atoms with E-state index in [0.717, 1.165) is 12.0 Å². The monoisotopic (exact) mass is 415 g/mol. The van der Waals surface area contributed by atoms with Gasteiger partial charge in [0, 0.05) is 12.1 Å². The zero-order valence-electron chi connectivity index (χ0n) is 16.3. The van der Waals surface area contributed by atoms with E-state index in [2.05, 4.69) is 10.3 Å². The molecule has 4 rings (SSSR count). The molecule has 0 saturated heterocycles. The summed E-state index contributed by atoms with van der Waals surface area (Å²) in [4.78, 5) is 28.6. The van der Waals surface area contributed by atoms with Crippen molar-refractivity contribution in [3.63, 3.8) is 0 Å². The molecule has 3 aromatic carbocycles. The third-order valence-corrected chi connectivity index (χ3v) is 5.29. The lowest BCUT2D eigenvalue weighted by atomic mass is 10.1. The Morgan fingerprint density at radius 1 is 0.933 bits per heavy atom. The molecule has 1 heterocycles. The average molecular weight is 416 g/mol. The van der Waals surface area contributed by atoms with Gasteiger partial charge in [-0.1, -0.05) is 60.7 Å². The van der Waals surface area contributed by atoms with Gasteiger partial charge >= 0.3 is 0 Å². The number of carbonyl (C=O) groups is 1. The van der Waals surface area contributed by atoms with Crippen LogP contribution in [0.2, 0.25) is 0 Å². The molecule has 1 amide bonds. The van der Waals surface area contributed by atoms with E-state index in [0.29, 0.717) is 34.3 Å². The molecule has 0 spiro atoms. The first-order valence-electron chi connectivity index (χ1n) is 9.75. The van der Waals surface area contributed by atoms with E-state index < -0.39 is 0 Å². The Morgan fingerprint density at radius 2 is 1.60 bits per heavy atom. The number of benzene rings is 3. The number of fused-ring (bicyclic) bond motifs is 1. The van der Waals surface area contributed by atoms with E-state index in [4.69, 9.17) is 12.2 Å². The summed E-state index contributed by atoms with van der Waals surface area (Å²) in [6.45, 7) is 0.933. The van der Waals surface area contributed by atoms with Gasteiger partial charge in [0.1, 0.15) is 0 Å². The number of H-pyrrole nitrogens is 1. The zero-order chi connectivity index (χ0) is 20.9. The highest BCUT2D eigenvalue weighted by molar-refractivity contribution is 7.71. The Balaban J connectivity index is 1.54. The second-order valence-electron chi connectivity index (χ2n) is 7.06.